The summed E-state index contributed by atoms with van der Waals surface area (Å²) in [4.78, 5) is 8.03. The second kappa shape index (κ2) is 4.58. The van der Waals surface area contributed by atoms with Gasteiger partial charge in [-0.2, -0.15) is 0 Å². The smallest absolute Gasteiger partial charge is 0.222 e. The van der Waals surface area contributed by atoms with Gasteiger partial charge in [0.15, 0.2) is 0 Å². The van der Waals surface area contributed by atoms with Crippen LogP contribution in [0.4, 0.5) is 0 Å². The Morgan fingerprint density at radius 2 is 1.89 bits per heavy atom. The highest BCUT2D eigenvalue weighted by atomic mass is 35.5. The van der Waals surface area contributed by atoms with Crippen molar-refractivity contribution in [1.29, 1.82) is 0 Å². The molecule has 0 saturated carbocycles. The van der Waals surface area contributed by atoms with E-state index in [9.17, 15) is 5.11 Å². The van der Waals surface area contributed by atoms with Crippen LogP contribution in [0.1, 0.15) is 26.3 Å². The van der Waals surface area contributed by atoms with Gasteiger partial charge in [-0.15, -0.1) is 0 Å². The average molecular weight is 263 g/mol. The lowest BCUT2D eigenvalue weighted by Crippen LogP contribution is -2.11. The van der Waals surface area contributed by atoms with Crippen LogP contribution in [0.3, 0.4) is 0 Å². The summed E-state index contributed by atoms with van der Waals surface area (Å²) >= 11 is 5.78. The van der Waals surface area contributed by atoms with Crippen molar-refractivity contribution < 1.29 is 5.11 Å². The summed E-state index contributed by atoms with van der Waals surface area (Å²) in [6.45, 7) is 6.16. The Bertz CT molecular complexity index is 576. The number of hydrogen-bond donors (Lipinski definition) is 1. The molecule has 0 radical (unpaired) electrons. The van der Waals surface area contributed by atoms with Crippen molar-refractivity contribution in [2.45, 2.75) is 26.2 Å². The molecule has 18 heavy (non-hydrogen) atoms. The summed E-state index contributed by atoms with van der Waals surface area (Å²) in [5.41, 5.74) is 2.42. The van der Waals surface area contributed by atoms with Crippen LogP contribution in [0.25, 0.3) is 11.3 Å². The van der Waals surface area contributed by atoms with Crippen LogP contribution >= 0.6 is 11.6 Å². The quantitative estimate of drug-likeness (QED) is 0.795. The van der Waals surface area contributed by atoms with E-state index in [0.717, 1.165) is 16.8 Å². The van der Waals surface area contributed by atoms with E-state index in [4.69, 9.17) is 11.6 Å². The van der Waals surface area contributed by atoms with Gasteiger partial charge in [0.05, 0.1) is 5.69 Å². The monoisotopic (exact) mass is 262 g/mol. The molecule has 2 aromatic rings. The van der Waals surface area contributed by atoms with E-state index in [1.807, 2.05) is 12.1 Å². The highest BCUT2D eigenvalue weighted by Crippen LogP contribution is 2.33. The van der Waals surface area contributed by atoms with E-state index >= 15 is 0 Å². The highest BCUT2D eigenvalue weighted by molar-refractivity contribution is 6.28. The fraction of sp³-hybridized carbons (Fsp3) is 0.286. The predicted molar refractivity (Wildman–Crippen MR) is 72.8 cm³/mol. The molecule has 0 atom stereocenters. The van der Waals surface area contributed by atoms with Gasteiger partial charge in [0.25, 0.3) is 0 Å². The first-order valence-corrected chi connectivity index (χ1v) is 6.08. The summed E-state index contributed by atoms with van der Waals surface area (Å²) in [5.74, 6) is 0.298. The van der Waals surface area contributed by atoms with Crippen LogP contribution in [-0.2, 0) is 5.41 Å². The van der Waals surface area contributed by atoms with Crippen molar-refractivity contribution in [3.8, 4) is 17.0 Å². The number of aromatic nitrogens is 2. The number of hydrogen-bond acceptors (Lipinski definition) is 3. The maximum absolute atomic E-state index is 9.91. The number of benzene rings is 1. The summed E-state index contributed by atoms with van der Waals surface area (Å²) in [5, 5.41) is 10.1. The van der Waals surface area contributed by atoms with Crippen LogP contribution < -0.4 is 0 Å². The molecular weight excluding hydrogens is 248 g/mol. The number of halogens is 1. The Morgan fingerprint density at radius 1 is 1.17 bits per heavy atom. The molecule has 94 valence electrons. The van der Waals surface area contributed by atoms with E-state index < -0.39 is 0 Å². The molecule has 0 aliphatic heterocycles. The van der Waals surface area contributed by atoms with Crippen molar-refractivity contribution in [3.05, 3.63) is 41.3 Å². The largest absolute Gasteiger partial charge is 0.508 e. The minimum absolute atomic E-state index is 0.128. The second-order valence-corrected chi connectivity index (χ2v) is 5.53. The number of rotatable bonds is 1. The topological polar surface area (TPSA) is 46.0 Å². The van der Waals surface area contributed by atoms with Gasteiger partial charge in [-0.25, -0.2) is 9.97 Å². The molecule has 0 aliphatic rings. The van der Waals surface area contributed by atoms with Gasteiger partial charge < -0.3 is 5.11 Å². The standard InChI is InChI=1S/C14H15ClN2O/c1-14(2,3)10-8-9(4-5-12(10)18)11-6-7-16-13(15)17-11/h4-8,18H,1-3H3. The van der Waals surface area contributed by atoms with E-state index in [-0.39, 0.29) is 10.7 Å². The number of nitrogens with zero attached hydrogens (tertiary/aromatic N) is 2. The van der Waals surface area contributed by atoms with E-state index in [1.165, 1.54) is 0 Å². The average Bonchev–Trinajstić information content (AvgIpc) is 2.28. The van der Waals surface area contributed by atoms with Gasteiger partial charge in [0, 0.05) is 11.8 Å². The van der Waals surface area contributed by atoms with Gasteiger partial charge in [-0.3, -0.25) is 0 Å². The molecule has 1 heterocycles. The molecule has 0 saturated heterocycles. The zero-order valence-electron chi connectivity index (χ0n) is 10.6. The minimum atomic E-state index is -0.128. The number of phenols is 1. The van der Waals surface area contributed by atoms with Crippen molar-refractivity contribution in [3.63, 3.8) is 0 Å². The van der Waals surface area contributed by atoms with Crippen LogP contribution in [0.2, 0.25) is 5.28 Å². The van der Waals surface area contributed by atoms with Crippen molar-refractivity contribution in [2.75, 3.05) is 0 Å². The third-order valence-electron chi connectivity index (χ3n) is 2.73. The molecule has 0 aliphatic carbocycles. The fourth-order valence-corrected chi connectivity index (χ4v) is 1.94. The van der Waals surface area contributed by atoms with Crippen LogP contribution in [0.5, 0.6) is 5.75 Å². The molecular formula is C14H15ClN2O. The van der Waals surface area contributed by atoms with E-state index in [0.29, 0.717) is 5.75 Å². The number of phenolic OH excluding ortho intramolecular Hbond substituents is 1. The van der Waals surface area contributed by atoms with Gasteiger partial charge in [0.1, 0.15) is 5.75 Å². The lowest BCUT2D eigenvalue weighted by atomic mass is 9.85. The minimum Gasteiger partial charge on any atom is -0.508 e. The highest BCUT2D eigenvalue weighted by Gasteiger charge is 2.18. The van der Waals surface area contributed by atoms with Crippen molar-refractivity contribution >= 4 is 11.6 Å². The Labute approximate surface area is 111 Å². The molecule has 0 fully saturated rings. The van der Waals surface area contributed by atoms with Gasteiger partial charge in [0.2, 0.25) is 5.28 Å². The first kappa shape index (κ1) is 12.8. The molecule has 0 amide bonds. The maximum atomic E-state index is 9.91. The molecule has 0 bridgehead atoms. The Balaban J connectivity index is 2.54. The van der Waals surface area contributed by atoms with Crippen molar-refractivity contribution in [1.82, 2.24) is 9.97 Å². The summed E-state index contributed by atoms with van der Waals surface area (Å²) < 4.78 is 0. The molecule has 1 N–H and O–H groups in total. The maximum Gasteiger partial charge on any atom is 0.222 e. The summed E-state index contributed by atoms with van der Waals surface area (Å²) in [6, 6.07) is 7.24. The zero-order valence-corrected chi connectivity index (χ0v) is 11.4. The van der Waals surface area contributed by atoms with Gasteiger partial charge in [-0.1, -0.05) is 20.8 Å². The fourth-order valence-electron chi connectivity index (χ4n) is 1.79. The lowest BCUT2D eigenvalue weighted by Gasteiger charge is -2.21. The summed E-state index contributed by atoms with van der Waals surface area (Å²) in [6.07, 6.45) is 1.62. The van der Waals surface area contributed by atoms with Crippen molar-refractivity contribution in [2.24, 2.45) is 0 Å². The van der Waals surface area contributed by atoms with E-state index in [1.54, 1.807) is 18.3 Å². The first-order valence-electron chi connectivity index (χ1n) is 5.70. The molecule has 3 nitrogen and oxygen atoms in total. The van der Waals surface area contributed by atoms with Crippen LogP contribution in [0.15, 0.2) is 30.5 Å². The lowest BCUT2D eigenvalue weighted by molar-refractivity contribution is 0.447. The molecule has 1 aromatic carbocycles. The molecule has 1 aromatic heterocycles. The van der Waals surface area contributed by atoms with Crippen LogP contribution in [-0.4, -0.2) is 15.1 Å². The first-order chi connectivity index (χ1) is 8.38. The van der Waals surface area contributed by atoms with Gasteiger partial charge in [-0.05, 0) is 46.8 Å². The van der Waals surface area contributed by atoms with E-state index in [2.05, 4.69) is 30.7 Å². The Morgan fingerprint density at radius 3 is 2.50 bits per heavy atom. The number of aromatic hydroxyl groups is 1. The zero-order chi connectivity index (χ0) is 13.3. The molecule has 0 spiro atoms. The third kappa shape index (κ3) is 2.62. The van der Waals surface area contributed by atoms with Crippen LogP contribution in [0, 0.1) is 0 Å². The normalized spacial score (nSPS) is 11.6. The third-order valence-corrected chi connectivity index (χ3v) is 2.91. The SMILES string of the molecule is CC(C)(C)c1cc(-c2ccnc(Cl)n2)ccc1O. The second-order valence-electron chi connectivity index (χ2n) is 5.19. The molecule has 0 unspecified atom stereocenters. The molecule has 4 heteroatoms. The van der Waals surface area contributed by atoms with Gasteiger partial charge >= 0.3 is 0 Å². The molecule has 2 rings (SSSR count). The predicted octanol–water partition coefficient (Wildman–Crippen LogP) is 3.80. The Hall–Kier alpha value is -1.61. The Kier molecular flexibility index (Phi) is 3.26. The summed E-state index contributed by atoms with van der Waals surface area (Å²) in [7, 11) is 0.